The second-order valence-corrected chi connectivity index (χ2v) is 8.78. The third kappa shape index (κ3) is 6.18. The number of hydrogen-bond acceptors (Lipinski definition) is 5. The monoisotopic (exact) mass is 477 g/mol. The first-order valence-electron chi connectivity index (χ1n) is 11.9. The Morgan fingerprint density at radius 2 is 1.66 bits per heavy atom. The van der Waals surface area contributed by atoms with Crippen molar-refractivity contribution in [3.63, 3.8) is 0 Å². The second kappa shape index (κ2) is 12.0. The van der Waals surface area contributed by atoms with Crippen LogP contribution in [0.3, 0.4) is 0 Å². The first kappa shape index (κ1) is 25.8. The van der Waals surface area contributed by atoms with E-state index in [2.05, 4.69) is 10.6 Å². The average molecular weight is 478 g/mol. The Morgan fingerprint density at radius 3 is 2.20 bits per heavy atom. The lowest BCUT2D eigenvalue weighted by molar-refractivity contribution is -0.143. The molecule has 0 aliphatic heterocycles. The van der Waals surface area contributed by atoms with Crippen LogP contribution < -0.4 is 10.6 Å². The summed E-state index contributed by atoms with van der Waals surface area (Å²) in [5.74, 6) is -2.15. The van der Waals surface area contributed by atoms with Gasteiger partial charge in [0.2, 0.25) is 5.91 Å². The molecule has 0 fully saturated rings. The fourth-order valence-corrected chi connectivity index (χ4v) is 4.37. The molecule has 35 heavy (non-hydrogen) atoms. The highest BCUT2D eigenvalue weighted by Gasteiger charge is 2.31. The fourth-order valence-electron chi connectivity index (χ4n) is 4.37. The number of alkyl carbamates (subject to hydrolysis) is 1. The van der Waals surface area contributed by atoms with E-state index in [-0.39, 0.29) is 31.3 Å². The van der Waals surface area contributed by atoms with Crippen molar-refractivity contribution in [2.45, 2.75) is 57.5 Å². The minimum atomic E-state index is -1.13. The normalized spacial score (nSPS) is 14.5. The number of carbonyl (C=O) groups excluding carboxylic acids is 2. The van der Waals surface area contributed by atoms with E-state index < -0.39 is 30.1 Å². The van der Waals surface area contributed by atoms with Crippen LogP contribution in [0.15, 0.2) is 48.5 Å². The molecule has 3 rings (SSSR count). The minimum absolute atomic E-state index is 0.0943. The largest absolute Gasteiger partial charge is 0.480 e. The van der Waals surface area contributed by atoms with E-state index in [9.17, 15) is 19.5 Å². The van der Waals surface area contributed by atoms with Crippen LogP contribution in [-0.4, -0.2) is 41.8 Å². The number of amides is 2. The van der Waals surface area contributed by atoms with Gasteiger partial charge in [-0.05, 0) is 41.0 Å². The van der Waals surface area contributed by atoms with Crippen LogP contribution in [0, 0.1) is 17.2 Å². The van der Waals surface area contributed by atoms with Crippen LogP contribution >= 0.6 is 0 Å². The molecule has 0 saturated heterocycles. The van der Waals surface area contributed by atoms with Crippen molar-refractivity contribution in [1.29, 1.82) is 5.26 Å². The summed E-state index contributed by atoms with van der Waals surface area (Å²) in [5.41, 5.74) is 4.36. The van der Waals surface area contributed by atoms with Gasteiger partial charge in [0.25, 0.3) is 0 Å². The number of rotatable bonds is 11. The third-order valence-electron chi connectivity index (χ3n) is 6.51. The highest BCUT2D eigenvalue weighted by atomic mass is 16.5. The van der Waals surface area contributed by atoms with Gasteiger partial charge in [-0.2, -0.15) is 5.26 Å². The van der Waals surface area contributed by atoms with Gasteiger partial charge in [0.05, 0.1) is 6.07 Å². The maximum absolute atomic E-state index is 12.9. The van der Waals surface area contributed by atoms with Gasteiger partial charge in [0.1, 0.15) is 18.7 Å². The first-order valence-corrected chi connectivity index (χ1v) is 11.9. The molecule has 0 bridgehead atoms. The molecule has 1 unspecified atom stereocenters. The van der Waals surface area contributed by atoms with E-state index in [0.29, 0.717) is 12.8 Å². The number of hydrogen-bond donors (Lipinski definition) is 3. The highest BCUT2D eigenvalue weighted by Crippen LogP contribution is 2.44. The van der Waals surface area contributed by atoms with Crippen LogP contribution in [0.1, 0.15) is 56.6 Å². The van der Waals surface area contributed by atoms with Gasteiger partial charge >= 0.3 is 12.1 Å². The van der Waals surface area contributed by atoms with Crippen molar-refractivity contribution in [2.75, 3.05) is 6.61 Å². The molecule has 8 heteroatoms. The summed E-state index contributed by atoms with van der Waals surface area (Å²) in [4.78, 5) is 37.2. The number of unbranched alkanes of at least 4 members (excludes halogenated alkanes) is 1. The topological polar surface area (TPSA) is 129 Å². The number of fused-ring (bicyclic) bond motifs is 3. The molecule has 0 aromatic heterocycles. The first-order chi connectivity index (χ1) is 16.9. The van der Waals surface area contributed by atoms with Crippen LogP contribution in [0.2, 0.25) is 0 Å². The molecule has 0 spiro atoms. The molecule has 8 nitrogen and oxygen atoms in total. The van der Waals surface area contributed by atoms with Crippen LogP contribution in [-0.2, 0) is 14.3 Å². The Labute approximate surface area is 205 Å². The quantitative estimate of drug-likeness (QED) is 0.416. The standard InChI is InChI=1S/C27H31N3O5/c1-3-17(2)24(26(32)33)30-25(31)23(14-8-9-15-28)29-27(34)35-16-22-20-12-6-4-10-18(20)19-11-5-7-13-21(19)22/h4-7,10-13,17,22-24H,3,8-9,14,16H2,1-2H3,(H,29,34)(H,30,31)(H,32,33)/t17-,23?,24-/m0/s1. The summed E-state index contributed by atoms with van der Waals surface area (Å²) in [6, 6.07) is 15.9. The third-order valence-corrected chi connectivity index (χ3v) is 6.51. The number of nitrogens with zero attached hydrogens (tertiary/aromatic N) is 1. The molecule has 3 N–H and O–H groups in total. The predicted molar refractivity (Wildman–Crippen MR) is 130 cm³/mol. The fraction of sp³-hybridized carbons (Fsp3) is 0.407. The summed E-state index contributed by atoms with van der Waals surface area (Å²) in [7, 11) is 0. The number of aliphatic carboxylic acids is 1. The predicted octanol–water partition coefficient (Wildman–Crippen LogP) is 4.20. The maximum Gasteiger partial charge on any atom is 0.407 e. The number of nitrogens with one attached hydrogen (secondary N) is 2. The molecule has 0 heterocycles. The maximum atomic E-state index is 12.9. The highest BCUT2D eigenvalue weighted by molar-refractivity contribution is 5.89. The molecular weight excluding hydrogens is 446 g/mol. The molecule has 2 aromatic rings. The molecule has 1 aliphatic rings. The van der Waals surface area contributed by atoms with E-state index >= 15 is 0 Å². The van der Waals surface area contributed by atoms with Gasteiger partial charge in [-0.15, -0.1) is 0 Å². The van der Waals surface area contributed by atoms with Gasteiger partial charge < -0.3 is 20.5 Å². The molecule has 0 saturated carbocycles. The lowest BCUT2D eigenvalue weighted by Gasteiger charge is -2.24. The van der Waals surface area contributed by atoms with Crippen molar-refractivity contribution in [1.82, 2.24) is 10.6 Å². The number of carboxylic acids is 1. The summed E-state index contributed by atoms with van der Waals surface area (Å²) in [6.45, 7) is 3.67. The van der Waals surface area contributed by atoms with Crippen LogP contribution in [0.4, 0.5) is 4.79 Å². The van der Waals surface area contributed by atoms with Gasteiger partial charge in [-0.1, -0.05) is 68.8 Å². The zero-order chi connectivity index (χ0) is 25.4. The Morgan fingerprint density at radius 1 is 1.06 bits per heavy atom. The summed E-state index contributed by atoms with van der Waals surface area (Å²) in [6.07, 6.45) is 0.579. The number of carboxylic acid groups (broad SMARTS) is 1. The number of ether oxygens (including phenoxy) is 1. The summed E-state index contributed by atoms with van der Waals surface area (Å²) in [5, 5.41) is 23.4. The minimum Gasteiger partial charge on any atom is -0.480 e. The zero-order valence-electron chi connectivity index (χ0n) is 20.0. The zero-order valence-corrected chi connectivity index (χ0v) is 20.0. The molecule has 3 atom stereocenters. The van der Waals surface area contributed by atoms with E-state index in [1.807, 2.05) is 61.5 Å². The number of carbonyl (C=O) groups is 3. The molecule has 2 aromatic carbocycles. The van der Waals surface area contributed by atoms with Crippen molar-refractivity contribution in [3.05, 3.63) is 59.7 Å². The van der Waals surface area contributed by atoms with E-state index in [1.165, 1.54) is 0 Å². The SMILES string of the molecule is CC[C@H](C)[C@H](NC(=O)C(CCCC#N)NC(=O)OCC1c2ccccc2-c2ccccc21)C(=O)O. The van der Waals surface area contributed by atoms with Crippen LogP contribution in [0.25, 0.3) is 11.1 Å². The van der Waals surface area contributed by atoms with E-state index in [4.69, 9.17) is 10.00 Å². The van der Waals surface area contributed by atoms with Crippen molar-refractivity contribution < 1.29 is 24.2 Å². The number of nitriles is 1. The van der Waals surface area contributed by atoms with Gasteiger partial charge in [0, 0.05) is 12.3 Å². The molecular formula is C27H31N3O5. The van der Waals surface area contributed by atoms with Gasteiger partial charge in [-0.3, -0.25) is 4.79 Å². The molecule has 0 radical (unpaired) electrons. The van der Waals surface area contributed by atoms with Crippen molar-refractivity contribution >= 4 is 18.0 Å². The van der Waals surface area contributed by atoms with Crippen molar-refractivity contribution in [2.24, 2.45) is 5.92 Å². The Bertz CT molecular complexity index is 1060. The molecule has 2 amide bonds. The van der Waals surface area contributed by atoms with E-state index in [0.717, 1.165) is 22.3 Å². The second-order valence-electron chi connectivity index (χ2n) is 8.78. The number of benzene rings is 2. The summed E-state index contributed by atoms with van der Waals surface area (Å²) < 4.78 is 5.54. The smallest absolute Gasteiger partial charge is 0.407 e. The van der Waals surface area contributed by atoms with E-state index in [1.54, 1.807) is 6.92 Å². The van der Waals surface area contributed by atoms with Crippen LogP contribution in [0.5, 0.6) is 0 Å². The van der Waals surface area contributed by atoms with Gasteiger partial charge in [0.15, 0.2) is 0 Å². The summed E-state index contributed by atoms with van der Waals surface area (Å²) >= 11 is 0. The lowest BCUT2D eigenvalue weighted by Crippen LogP contribution is -2.53. The van der Waals surface area contributed by atoms with Gasteiger partial charge in [-0.25, -0.2) is 9.59 Å². The molecule has 1 aliphatic carbocycles. The molecule has 184 valence electrons. The Hall–Kier alpha value is -3.86. The Balaban J connectivity index is 1.67. The average Bonchev–Trinajstić information content (AvgIpc) is 3.18. The van der Waals surface area contributed by atoms with Crippen molar-refractivity contribution in [3.8, 4) is 17.2 Å². The lowest BCUT2D eigenvalue weighted by atomic mass is 9.98. The Kier molecular flexibility index (Phi) is 8.85.